The number of aromatic nitrogens is 1. The van der Waals surface area contributed by atoms with E-state index >= 15 is 0 Å². The van der Waals surface area contributed by atoms with Crippen LogP contribution in [-0.2, 0) is 0 Å². The average molecular weight is 805 g/mol. The summed E-state index contributed by atoms with van der Waals surface area (Å²) in [5.41, 5.74) is 18.0. The predicted molar refractivity (Wildman–Crippen MR) is 264 cm³/mol. The van der Waals surface area contributed by atoms with Crippen molar-refractivity contribution in [1.29, 1.82) is 0 Å². The molecule has 0 fully saturated rings. The maximum Gasteiger partial charge on any atom is 0.136 e. The lowest BCUT2D eigenvalue weighted by Gasteiger charge is -2.28. The number of anilines is 3. The second-order valence-electron chi connectivity index (χ2n) is 16.1. The van der Waals surface area contributed by atoms with Gasteiger partial charge in [0.15, 0.2) is 0 Å². The molecule has 0 amide bonds. The summed E-state index contributed by atoms with van der Waals surface area (Å²) in [6, 6.07) is 87.1. The highest BCUT2D eigenvalue weighted by Gasteiger charge is 2.18. The fourth-order valence-electron chi connectivity index (χ4n) is 9.35. The molecule has 3 heteroatoms. The van der Waals surface area contributed by atoms with Crippen molar-refractivity contribution in [3.05, 3.63) is 243 Å². The van der Waals surface area contributed by atoms with E-state index in [2.05, 4.69) is 240 Å². The second-order valence-corrected chi connectivity index (χ2v) is 16.1. The topological polar surface area (TPSA) is 21.3 Å². The molecule has 0 N–H and O–H groups in total. The van der Waals surface area contributed by atoms with E-state index in [1.807, 2.05) is 12.1 Å². The van der Waals surface area contributed by atoms with Crippen LogP contribution in [0.5, 0.6) is 0 Å². The zero-order valence-corrected chi connectivity index (χ0v) is 34.4. The second kappa shape index (κ2) is 15.3. The van der Waals surface area contributed by atoms with Gasteiger partial charge in [0.2, 0.25) is 0 Å². The Bertz CT molecular complexity index is 3550. The van der Waals surface area contributed by atoms with E-state index in [4.69, 9.17) is 4.42 Å². The number of para-hydroxylation sites is 4. The molecule has 0 atom stereocenters. The Kier molecular flexibility index (Phi) is 8.83. The third kappa shape index (κ3) is 6.46. The number of rotatable bonds is 8. The first-order chi connectivity index (χ1) is 31.2. The Morgan fingerprint density at radius 3 is 1.43 bits per heavy atom. The van der Waals surface area contributed by atoms with Crippen LogP contribution in [0.1, 0.15) is 0 Å². The molecule has 12 aromatic rings. The van der Waals surface area contributed by atoms with Crippen molar-refractivity contribution in [1.82, 2.24) is 4.57 Å². The van der Waals surface area contributed by atoms with E-state index in [1.54, 1.807) is 0 Å². The molecule has 0 aliphatic carbocycles. The van der Waals surface area contributed by atoms with Gasteiger partial charge in [0, 0.05) is 44.2 Å². The van der Waals surface area contributed by atoms with Gasteiger partial charge >= 0.3 is 0 Å². The SMILES string of the molecule is c1ccc(-c2ccccc2N(c2ccc(-c3cccc(-c4ccc(-n5c6ccccc6c6ccccc65)cc4)c3)cc2)c2ccc(-c3ccc4c(c3)oc3ccccc34)cc2)cc1. The fraction of sp³-hybridized carbons (Fsp3) is 0. The molecular formula is C60H40N2O. The summed E-state index contributed by atoms with van der Waals surface area (Å²) in [6.45, 7) is 0. The summed E-state index contributed by atoms with van der Waals surface area (Å²) in [7, 11) is 0. The van der Waals surface area contributed by atoms with E-state index in [1.165, 1.54) is 49.6 Å². The molecule has 0 spiro atoms. The number of benzene rings is 10. The summed E-state index contributed by atoms with van der Waals surface area (Å²) in [6.07, 6.45) is 0. The molecule has 0 aliphatic heterocycles. The smallest absolute Gasteiger partial charge is 0.136 e. The molecule has 2 heterocycles. The van der Waals surface area contributed by atoms with Gasteiger partial charge in [-0.3, -0.25) is 0 Å². The molecule has 0 aliphatic rings. The number of hydrogen-bond acceptors (Lipinski definition) is 2. The molecular weight excluding hydrogens is 765 g/mol. The van der Waals surface area contributed by atoms with Gasteiger partial charge in [0.1, 0.15) is 11.2 Å². The zero-order valence-electron chi connectivity index (χ0n) is 34.4. The van der Waals surface area contributed by atoms with Gasteiger partial charge in [-0.1, -0.05) is 164 Å². The summed E-state index contributed by atoms with van der Waals surface area (Å²) >= 11 is 0. The number of furan rings is 1. The standard InChI is InChI=1S/C60H40N2O/c1-2-13-44(14-3-1)51-17-4-8-21-56(51)61(49-34-27-43(28-35-49)47-31-38-55-54-20-7-11-24-59(54)63-60(55)40-47)48-32-25-41(26-33-48)45-15-12-16-46(39-45)42-29-36-50(37-30-42)62-57-22-9-5-18-52(57)53-19-6-10-23-58(53)62/h1-40H. The molecule has 3 nitrogen and oxygen atoms in total. The third-order valence-corrected chi connectivity index (χ3v) is 12.4. The van der Waals surface area contributed by atoms with Crippen LogP contribution in [0.15, 0.2) is 247 Å². The van der Waals surface area contributed by atoms with E-state index in [0.29, 0.717) is 0 Å². The largest absolute Gasteiger partial charge is 0.456 e. The number of nitrogens with zero attached hydrogens (tertiary/aromatic N) is 2. The van der Waals surface area contributed by atoms with Crippen molar-refractivity contribution in [3.8, 4) is 50.2 Å². The average Bonchev–Trinajstić information content (AvgIpc) is 3.91. The van der Waals surface area contributed by atoms with Gasteiger partial charge in [0.25, 0.3) is 0 Å². The van der Waals surface area contributed by atoms with Crippen molar-refractivity contribution in [3.63, 3.8) is 0 Å². The molecule has 296 valence electrons. The van der Waals surface area contributed by atoms with Crippen LogP contribution in [0.3, 0.4) is 0 Å². The highest BCUT2D eigenvalue weighted by molar-refractivity contribution is 6.09. The molecule has 10 aromatic carbocycles. The minimum absolute atomic E-state index is 0.898. The van der Waals surface area contributed by atoms with Crippen molar-refractivity contribution in [2.75, 3.05) is 4.90 Å². The Morgan fingerprint density at radius 1 is 0.302 bits per heavy atom. The summed E-state index contributed by atoms with van der Waals surface area (Å²) in [5, 5.41) is 4.81. The van der Waals surface area contributed by atoms with Crippen LogP contribution < -0.4 is 4.90 Å². The molecule has 0 bridgehead atoms. The lowest BCUT2D eigenvalue weighted by atomic mass is 9.98. The third-order valence-electron chi connectivity index (χ3n) is 12.4. The Labute approximate surface area is 366 Å². The van der Waals surface area contributed by atoms with Crippen LogP contribution in [0.2, 0.25) is 0 Å². The Morgan fingerprint density at radius 2 is 0.778 bits per heavy atom. The lowest BCUT2D eigenvalue weighted by Crippen LogP contribution is -2.11. The van der Waals surface area contributed by atoms with Crippen LogP contribution in [0.25, 0.3) is 93.9 Å². The number of fused-ring (bicyclic) bond motifs is 6. The molecule has 0 saturated carbocycles. The monoisotopic (exact) mass is 804 g/mol. The van der Waals surface area contributed by atoms with Crippen molar-refractivity contribution in [2.45, 2.75) is 0 Å². The van der Waals surface area contributed by atoms with E-state index < -0.39 is 0 Å². The molecule has 2 aromatic heterocycles. The van der Waals surface area contributed by atoms with Gasteiger partial charge in [0.05, 0.1) is 16.7 Å². The minimum atomic E-state index is 0.898. The highest BCUT2D eigenvalue weighted by atomic mass is 16.3. The Balaban J connectivity index is 0.879. The summed E-state index contributed by atoms with van der Waals surface area (Å²) < 4.78 is 8.62. The molecule has 0 radical (unpaired) electrons. The molecule has 63 heavy (non-hydrogen) atoms. The molecule has 0 saturated heterocycles. The van der Waals surface area contributed by atoms with Crippen molar-refractivity contribution < 1.29 is 4.42 Å². The van der Waals surface area contributed by atoms with Gasteiger partial charge < -0.3 is 13.9 Å². The van der Waals surface area contributed by atoms with Crippen LogP contribution in [0.4, 0.5) is 17.1 Å². The van der Waals surface area contributed by atoms with Gasteiger partial charge in [-0.15, -0.1) is 0 Å². The van der Waals surface area contributed by atoms with Gasteiger partial charge in [-0.2, -0.15) is 0 Å². The molecule has 12 rings (SSSR count). The maximum atomic E-state index is 6.25. The predicted octanol–water partition coefficient (Wildman–Crippen LogP) is 16.8. The van der Waals surface area contributed by atoms with E-state index in [9.17, 15) is 0 Å². The molecule has 0 unspecified atom stereocenters. The van der Waals surface area contributed by atoms with Gasteiger partial charge in [-0.25, -0.2) is 0 Å². The zero-order chi connectivity index (χ0) is 41.7. The van der Waals surface area contributed by atoms with Crippen LogP contribution >= 0.6 is 0 Å². The fourth-order valence-corrected chi connectivity index (χ4v) is 9.35. The van der Waals surface area contributed by atoms with Crippen LogP contribution in [-0.4, -0.2) is 4.57 Å². The quantitative estimate of drug-likeness (QED) is 0.153. The number of hydrogen-bond donors (Lipinski definition) is 0. The van der Waals surface area contributed by atoms with Crippen molar-refractivity contribution in [2.24, 2.45) is 0 Å². The highest BCUT2D eigenvalue weighted by Crippen LogP contribution is 2.42. The van der Waals surface area contributed by atoms with Crippen molar-refractivity contribution >= 4 is 60.8 Å². The van der Waals surface area contributed by atoms with Gasteiger partial charge in [-0.05, 0) is 118 Å². The Hall–Kier alpha value is -8.40. The first kappa shape index (κ1) is 36.5. The summed E-state index contributed by atoms with van der Waals surface area (Å²) in [4.78, 5) is 2.37. The maximum absolute atomic E-state index is 6.25. The minimum Gasteiger partial charge on any atom is -0.456 e. The first-order valence-corrected chi connectivity index (χ1v) is 21.5. The lowest BCUT2D eigenvalue weighted by molar-refractivity contribution is 0.669. The van der Waals surface area contributed by atoms with E-state index in [-0.39, 0.29) is 0 Å². The van der Waals surface area contributed by atoms with E-state index in [0.717, 1.165) is 61.4 Å². The summed E-state index contributed by atoms with van der Waals surface area (Å²) in [5.74, 6) is 0. The normalized spacial score (nSPS) is 11.5. The first-order valence-electron chi connectivity index (χ1n) is 21.5. The van der Waals surface area contributed by atoms with Crippen LogP contribution in [0, 0.1) is 0 Å².